The van der Waals surface area contributed by atoms with Crippen molar-refractivity contribution in [3.05, 3.63) is 58.1 Å². The third-order valence-electron chi connectivity index (χ3n) is 3.10. The topological polar surface area (TPSA) is 58.2 Å². The van der Waals surface area contributed by atoms with E-state index in [1.807, 2.05) is 6.92 Å². The molecule has 2 aromatic rings. The molecule has 0 aliphatic rings. The fraction of sp³-hybridized carbons (Fsp3) is 0.176. The van der Waals surface area contributed by atoms with E-state index < -0.39 is 0 Å². The Morgan fingerprint density at radius 3 is 2.26 bits per heavy atom. The van der Waals surface area contributed by atoms with Gasteiger partial charge in [0.2, 0.25) is 5.91 Å². The smallest absolute Gasteiger partial charge is 0.257 e. The molecule has 0 unspecified atom stereocenters. The summed E-state index contributed by atoms with van der Waals surface area (Å²) < 4.78 is 0. The van der Waals surface area contributed by atoms with Gasteiger partial charge < -0.3 is 10.6 Å². The Bertz CT molecular complexity index is 732. The van der Waals surface area contributed by atoms with Crippen LogP contribution < -0.4 is 10.6 Å². The van der Waals surface area contributed by atoms with E-state index in [4.69, 9.17) is 23.2 Å². The number of hydrogen-bond donors (Lipinski definition) is 2. The largest absolute Gasteiger partial charge is 0.324 e. The molecule has 0 aromatic heterocycles. The summed E-state index contributed by atoms with van der Waals surface area (Å²) in [6.45, 7) is 1.93. The lowest BCUT2D eigenvalue weighted by Crippen LogP contribution is -2.16. The van der Waals surface area contributed by atoms with Crippen molar-refractivity contribution in [1.82, 2.24) is 0 Å². The van der Waals surface area contributed by atoms with Crippen LogP contribution in [-0.4, -0.2) is 11.8 Å². The van der Waals surface area contributed by atoms with Crippen LogP contribution in [0.3, 0.4) is 0 Å². The van der Waals surface area contributed by atoms with E-state index in [0.717, 1.165) is 6.42 Å². The predicted octanol–water partition coefficient (Wildman–Crippen LogP) is 4.98. The first-order valence-electron chi connectivity index (χ1n) is 7.16. The van der Waals surface area contributed by atoms with Crippen molar-refractivity contribution in [2.24, 2.45) is 0 Å². The van der Waals surface area contributed by atoms with Gasteiger partial charge in [-0.3, -0.25) is 9.59 Å². The summed E-state index contributed by atoms with van der Waals surface area (Å²) in [4.78, 5) is 24.1. The maximum atomic E-state index is 12.4. The molecule has 0 fully saturated rings. The summed E-state index contributed by atoms with van der Waals surface area (Å²) >= 11 is 11.9. The Kier molecular flexibility index (Phi) is 6.02. The third-order valence-corrected chi connectivity index (χ3v) is 3.65. The molecule has 0 saturated heterocycles. The second kappa shape index (κ2) is 7.99. The summed E-state index contributed by atoms with van der Waals surface area (Å²) in [6.07, 6.45) is 1.17. The van der Waals surface area contributed by atoms with Crippen molar-refractivity contribution >= 4 is 46.4 Å². The quantitative estimate of drug-likeness (QED) is 0.798. The zero-order valence-electron chi connectivity index (χ0n) is 12.5. The third kappa shape index (κ3) is 4.71. The number of hydrogen-bond acceptors (Lipinski definition) is 2. The number of halogens is 2. The molecule has 0 heterocycles. The van der Waals surface area contributed by atoms with E-state index in [1.165, 1.54) is 6.07 Å². The maximum Gasteiger partial charge on any atom is 0.257 e. The second-order valence-electron chi connectivity index (χ2n) is 4.92. The summed E-state index contributed by atoms with van der Waals surface area (Å²) in [5, 5.41) is 6.26. The maximum absolute atomic E-state index is 12.4. The molecule has 2 rings (SSSR count). The van der Waals surface area contributed by atoms with Gasteiger partial charge in [0.15, 0.2) is 0 Å². The number of para-hydroxylation sites is 2. The van der Waals surface area contributed by atoms with Crippen molar-refractivity contribution in [3.8, 4) is 0 Å². The molecule has 2 N–H and O–H groups in total. The molecule has 23 heavy (non-hydrogen) atoms. The highest BCUT2D eigenvalue weighted by Crippen LogP contribution is 2.25. The summed E-state index contributed by atoms with van der Waals surface area (Å²) in [5.41, 5.74) is 1.36. The van der Waals surface area contributed by atoms with Crippen LogP contribution in [0.1, 0.15) is 30.1 Å². The van der Waals surface area contributed by atoms with E-state index in [1.54, 1.807) is 36.4 Å². The van der Waals surface area contributed by atoms with Gasteiger partial charge in [0.25, 0.3) is 5.91 Å². The molecule has 120 valence electrons. The molecule has 4 nitrogen and oxygen atoms in total. The van der Waals surface area contributed by atoms with Crippen LogP contribution in [0.2, 0.25) is 10.0 Å². The zero-order valence-corrected chi connectivity index (χ0v) is 14.0. The number of anilines is 2. The minimum absolute atomic E-state index is 0.0984. The second-order valence-corrected chi connectivity index (χ2v) is 5.77. The molecule has 2 amide bonds. The van der Waals surface area contributed by atoms with Gasteiger partial charge in [-0.15, -0.1) is 0 Å². The first-order chi connectivity index (χ1) is 11.0. The molecular formula is C17H16Cl2N2O2. The van der Waals surface area contributed by atoms with Crippen molar-refractivity contribution in [2.75, 3.05) is 10.6 Å². The Balaban J connectivity index is 2.19. The monoisotopic (exact) mass is 350 g/mol. The van der Waals surface area contributed by atoms with Crippen molar-refractivity contribution in [2.45, 2.75) is 19.8 Å². The van der Waals surface area contributed by atoms with Crippen LogP contribution >= 0.6 is 23.2 Å². The SMILES string of the molecule is CCCC(=O)Nc1ccccc1NC(=O)c1ccc(Cl)cc1Cl. The first kappa shape index (κ1) is 17.3. The normalized spacial score (nSPS) is 10.2. The van der Waals surface area contributed by atoms with Gasteiger partial charge in [0.1, 0.15) is 0 Å². The van der Waals surface area contributed by atoms with Crippen LogP contribution in [-0.2, 0) is 4.79 Å². The number of carbonyl (C=O) groups is 2. The van der Waals surface area contributed by atoms with Crippen LogP contribution in [0.25, 0.3) is 0 Å². The summed E-state index contributed by atoms with van der Waals surface area (Å²) in [5.74, 6) is -0.470. The van der Waals surface area contributed by atoms with E-state index in [0.29, 0.717) is 28.4 Å². The van der Waals surface area contributed by atoms with Gasteiger partial charge in [-0.1, -0.05) is 42.3 Å². The molecule has 0 bridgehead atoms. The van der Waals surface area contributed by atoms with Gasteiger partial charge in [-0.25, -0.2) is 0 Å². The number of nitrogens with one attached hydrogen (secondary N) is 2. The lowest BCUT2D eigenvalue weighted by atomic mass is 10.2. The van der Waals surface area contributed by atoms with E-state index in [-0.39, 0.29) is 16.8 Å². The minimum atomic E-state index is -0.371. The van der Waals surface area contributed by atoms with E-state index >= 15 is 0 Å². The summed E-state index contributed by atoms with van der Waals surface area (Å²) in [7, 11) is 0. The van der Waals surface area contributed by atoms with Gasteiger partial charge in [0, 0.05) is 11.4 Å². The highest BCUT2D eigenvalue weighted by molar-refractivity contribution is 6.37. The van der Waals surface area contributed by atoms with E-state index in [9.17, 15) is 9.59 Å². The Morgan fingerprint density at radius 1 is 1.00 bits per heavy atom. The highest BCUT2D eigenvalue weighted by Gasteiger charge is 2.13. The molecule has 0 aliphatic carbocycles. The Labute approximate surface area is 144 Å². The molecule has 0 aliphatic heterocycles. The molecular weight excluding hydrogens is 335 g/mol. The number of amides is 2. The minimum Gasteiger partial charge on any atom is -0.324 e. The zero-order chi connectivity index (χ0) is 16.8. The molecule has 2 aromatic carbocycles. The predicted molar refractivity (Wildman–Crippen MR) is 94.4 cm³/mol. The average Bonchev–Trinajstić information content (AvgIpc) is 2.49. The van der Waals surface area contributed by atoms with Crippen LogP contribution in [0.15, 0.2) is 42.5 Å². The Morgan fingerprint density at radius 2 is 1.65 bits per heavy atom. The van der Waals surface area contributed by atoms with Gasteiger partial charge >= 0.3 is 0 Å². The van der Waals surface area contributed by atoms with Crippen LogP contribution in [0.5, 0.6) is 0 Å². The highest BCUT2D eigenvalue weighted by atomic mass is 35.5. The van der Waals surface area contributed by atoms with E-state index in [2.05, 4.69) is 10.6 Å². The van der Waals surface area contributed by atoms with Crippen LogP contribution in [0.4, 0.5) is 11.4 Å². The number of carbonyl (C=O) groups excluding carboxylic acids is 2. The number of rotatable bonds is 5. The lowest BCUT2D eigenvalue weighted by molar-refractivity contribution is -0.116. The lowest BCUT2D eigenvalue weighted by Gasteiger charge is -2.12. The van der Waals surface area contributed by atoms with Gasteiger partial charge in [0.05, 0.1) is 22.0 Å². The van der Waals surface area contributed by atoms with Crippen molar-refractivity contribution in [3.63, 3.8) is 0 Å². The first-order valence-corrected chi connectivity index (χ1v) is 7.92. The Hall–Kier alpha value is -2.04. The molecule has 0 spiro atoms. The van der Waals surface area contributed by atoms with Gasteiger partial charge in [-0.05, 0) is 36.8 Å². The fourth-order valence-corrected chi connectivity index (χ4v) is 2.50. The molecule has 0 atom stereocenters. The average molecular weight is 351 g/mol. The fourth-order valence-electron chi connectivity index (χ4n) is 2.00. The van der Waals surface area contributed by atoms with Crippen molar-refractivity contribution < 1.29 is 9.59 Å². The molecule has 0 saturated carbocycles. The molecule has 6 heteroatoms. The van der Waals surface area contributed by atoms with Gasteiger partial charge in [-0.2, -0.15) is 0 Å². The molecule has 0 radical (unpaired) electrons. The summed E-state index contributed by atoms with van der Waals surface area (Å²) in [6, 6.07) is 11.7. The number of benzene rings is 2. The van der Waals surface area contributed by atoms with Crippen molar-refractivity contribution in [1.29, 1.82) is 0 Å². The standard InChI is InChI=1S/C17H16Cl2N2O2/c1-2-5-16(22)20-14-6-3-4-7-15(14)21-17(23)12-9-8-11(18)10-13(12)19/h3-4,6-10H,2,5H2,1H3,(H,20,22)(H,21,23). The van der Waals surface area contributed by atoms with Crippen LogP contribution in [0, 0.1) is 0 Å².